The fourth-order valence-electron chi connectivity index (χ4n) is 2.01. The molecule has 2 aliphatic carbocycles. The lowest BCUT2D eigenvalue weighted by atomic mass is 10.3. The highest BCUT2D eigenvalue weighted by atomic mass is 15.5. The third-order valence-electron chi connectivity index (χ3n) is 2.85. The van der Waals surface area contributed by atoms with Gasteiger partial charge in [0.2, 0.25) is 0 Å². The van der Waals surface area contributed by atoms with Crippen LogP contribution in [0.1, 0.15) is 19.8 Å². The van der Waals surface area contributed by atoms with E-state index in [1.807, 2.05) is 0 Å². The van der Waals surface area contributed by atoms with E-state index in [2.05, 4.69) is 11.8 Å². The number of likely N-dealkylation sites (tertiary alicyclic amines) is 1. The van der Waals surface area contributed by atoms with Crippen molar-refractivity contribution in [1.29, 1.82) is 0 Å². The predicted molar refractivity (Wildman–Crippen MR) is 31.6 cm³/mol. The highest BCUT2D eigenvalue weighted by Crippen LogP contribution is 2.61. The molecule has 0 N–H and O–H groups in total. The van der Waals surface area contributed by atoms with Gasteiger partial charge in [0.25, 0.3) is 0 Å². The second-order valence-electron chi connectivity index (χ2n) is 3.52. The second-order valence-corrected chi connectivity index (χ2v) is 3.52. The molecule has 1 saturated heterocycles. The fraction of sp³-hybridized carbons (Fsp3) is 1.00. The maximum atomic E-state index is 2.69. The third-order valence-corrected chi connectivity index (χ3v) is 2.85. The first-order chi connectivity index (χ1) is 3.89. The molecule has 0 aromatic heterocycles. The summed E-state index contributed by atoms with van der Waals surface area (Å²) in [4.78, 5) is 2.69. The van der Waals surface area contributed by atoms with Crippen molar-refractivity contribution in [3.05, 3.63) is 0 Å². The zero-order valence-corrected chi connectivity index (χ0v) is 5.17. The summed E-state index contributed by atoms with van der Waals surface area (Å²) in [5.74, 6) is 1.08. The zero-order chi connectivity index (χ0) is 5.30. The van der Waals surface area contributed by atoms with Crippen LogP contribution in [-0.4, -0.2) is 23.0 Å². The van der Waals surface area contributed by atoms with Crippen molar-refractivity contribution in [3.8, 4) is 0 Å². The van der Waals surface area contributed by atoms with Crippen LogP contribution in [0.5, 0.6) is 0 Å². The number of hydrogen-bond acceptors (Lipinski definition) is 1. The Morgan fingerprint density at radius 2 is 1.88 bits per heavy atom. The number of rotatable bonds is 1. The topological polar surface area (TPSA) is 3.01 Å². The Bertz CT molecular complexity index is 129. The van der Waals surface area contributed by atoms with Crippen LogP contribution in [0.2, 0.25) is 0 Å². The Labute approximate surface area is 49.7 Å². The molecule has 2 saturated carbocycles. The normalized spacial score (nSPS) is 67.1. The highest BCUT2D eigenvalue weighted by molar-refractivity contribution is 5.28. The molecule has 0 spiro atoms. The maximum absolute atomic E-state index is 2.69. The molecule has 8 heavy (non-hydrogen) atoms. The SMILES string of the molecule is CC1C2[C@H]1N2C1CC1. The summed E-state index contributed by atoms with van der Waals surface area (Å²) < 4.78 is 0. The molecule has 1 aliphatic heterocycles. The zero-order valence-electron chi connectivity index (χ0n) is 5.17. The Balaban J connectivity index is 1.70. The molecule has 0 bridgehead atoms. The molecule has 3 unspecified atom stereocenters. The first-order valence-electron chi connectivity index (χ1n) is 3.67. The van der Waals surface area contributed by atoms with Crippen molar-refractivity contribution in [2.24, 2.45) is 5.92 Å². The lowest BCUT2D eigenvalue weighted by Gasteiger charge is -2.08. The van der Waals surface area contributed by atoms with E-state index in [1.54, 1.807) is 0 Å². The van der Waals surface area contributed by atoms with Gasteiger partial charge >= 0.3 is 0 Å². The molecule has 4 atom stereocenters. The van der Waals surface area contributed by atoms with E-state index in [0.717, 1.165) is 24.0 Å². The molecule has 3 fully saturated rings. The van der Waals surface area contributed by atoms with Crippen LogP contribution in [0.15, 0.2) is 0 Å². The van der Waals surface area contributed by atoms with E-state index in [1.165, 1.54) is 12.8 Å². The second kappa shape index (κ2) is 0.860. The van der Waals surface area contributed by atoms with Crippen LogP contribution < -0.4 is 0 Å². The minimum absolute atomic E-state index is 1.06. The van der Waals surface area contributed by atoms with Crippen molar-refractivity contribution in [1.82, 2.24) is 4.90 Å². The van der Waals surface area contributed by atoms with Crippen LogP contribution in [0, 0.1) is 5.92 Å². The van der Waals surface area contributed by atoms with Crippen molar-refractivity contribution in [3.63, 3.8) is 0 Å². The molecule has 1 heterocycles. The third kappa shape index (κ3) is 0.278. The van der Waals surface area contributed by atoms with Gasteiger partial charge in [-0.2, -0.15) is 0 Å². The number of fused-ring (bicyclic) bond motifs is 1. The number of hydrogen-bond donors (Lipinski definition) is 0. The molecular weight excluding hydrogens is 98.1 g/mol. The van der Waals surface area contributed by atoms with Gasteiger partial charge in [0.1, 0.15) is 0 Å². The highest BCUT2D eigenvalue weighted by Gasteiger charge is 2.72. The Hall–Kier alpha value is -0.0400. The maximum Gasteiger partial charge on any atom is 0.0302 e. The van der Waals surface area contributed by atoms with Crippen LogP contribution in [-0.2, 0) is 0 Å². The average molecular weight is 109 g/mol. The summed E-state index contributed by atoms with van der Waals surface area (Å²) in [6.45, 7) is 2.37. The summed E-state index contributed by atoms with van der Waals surface area (Å²) in [7, 11) is 0. The van der Waals surface area contributed by atoms with Gasteiger partial charge in [-0.3, -0.25) is 4.90 Å². The quantitative estimate of drug-likeness (QED) is 0.451. The molecule has 0 aromatic rings. The minimum Gasteiger partial charge on any atom is -0.291 e. The molecule has 3 aliphatic rings. The van der Waals surface area contributed by atoms with E-state index >= 15 is 0 Å². The Kier molecular flexibility index (Phi) is 0.418. The van der Waals surface area contributed by atoms with Crippen LogP contribution in [0.4, 0.5) is 0 Å². The molecule has 0 radical (unpaired) electrons. The molecule has 0 amide bonds. The molecule has 0 aromatic carbocycles. The summed E-state index contributed by atoms with van der Waals surface area (Å²) >= 11 is 0. The van der Waals surface area contributed by atoms with Gasteiger partial charge in [-0.15, -0.1) is 0 Å². The summed E-state index contributed by atoms with van der Waals surface area (Å²) in [5.41, 5.74) is 0. The molecule has 3 rings (SSSR count). The van der Waals surface area contributed by atoms with Gasteiger partial charge in [0.05, 0.1) is 0 Å². The van der Waals surface area contributed by atoms with Crippen LogP contribution >= 0.6 is 0 Å². The predicted octanol–water partition coefficient (Wildman–Crippen LogP) is 0.851. The smallest absolute Gasteiger partial charge is 0.0302 e. The average Bonchev–Trinajstić information content (AvgIpc) is 2.52. The van der Waals surface area contributed by atoms with Gasteiger partial charge in [-0.25, -0.2) is 0 Å². The van der Waals surface area contributed by atoms with Crippen molar-refractivity contribution < 1.29 is 0 Å². The first-order valence-corrected chi connectivity index (χ1v) is 3.67. The molecular formula is C7H11N. The minimum atomic E-state index is 1.06. The molecule has 44 valence electrons. The van der Waals surface area contributed by atoms with Crippen LogP contribution in [0.3, 0.4) is 0 Å². The lowest BCUT2D eigenvalue weighted by molar-refractivity contribution is 0.344. The number of nitrogens with zero attached hydrogens (tertiary/aromatic N) is 1. The monoisotopic (exact) mass is 109 g/mol. The summed E-state index contributed by atoms with van der Waals surface area (Å²) in [6, 6.07) is 3.20. The van der Waals surface area contributed by atoms with Crippen molar-refractivity contribution in [2.45, 2.75) is 37.9 Å². The van der Waals surface area contributed by atoms with Gasteiger partial charge in [-0.05, 0) is 18.8 Å². The first kappa shape index (κ1) is 3.89. The summed E-state index contributed by atoms with van der Waals surface area (Å²) in [6.07, 6.45) is 3.00. The van der Waals surface area contributed by atoms with Crippen LogP contribution in [0.25, 0.3) is 0 Å². The van der Waals surface area contributed by atoms with Crippen molar-refractivity contribution >= 4 is 0 Å². The standard InChI is InChI=1S/C7H11N/c1-4-6-7(4)8(6)5-2-3-5/h4-7H,2-3H2,1H3/t4?,6-,7?,8?/m0/s1. The van der Waals surface area contributed by atoms with E-state index in [9.17, 15) is 0 Å². The largest absolute Gasteiger partial charge is 0.291 e. The molecule has 1 heteroatoms. The molecule has 1 nitrogen and oxygen atoms in total. The van der Waals surface area contributed by atoms with Gasteiger partial charge in [0.15, 0.2) is 0 Å². The van der Waals surface area contributed by atoms with E-state index in [0.29, 0.717) is 0 Å². The summed E-state index contributed by atoms with van der Waals surface area (Å²) in [5, 5.41) is 0. The van der Waals surface area contributed by atoms with Crippen molar-refractivity contribution in [2.75, 3.05) is 0 Å². The van der Waals surface area contributed by atoms with Gasteiger partial charge < -0.3 is 0 Å². The van der Waals surface area contributed by atoms with E-state index < -0.39 is 0 Å². The Morgan fingerprint density at radius 1 is 1.25 bits per heavy atom. The van der Waals surface area contributed by atoms with E-state index in [4.69, 9.17) is 0 Å². The van der Waals surface area contributed by atoms with E-state index in [-0.39, 0.29) is 0 Å². The van der Waals surface area contributed by atoms with Gasteiger partial charge in [0, 0.05) is 18.1 Å². The fourth-order valence-corrected chi connectivity index (χ4v) is 2.01. The van der Waals surface area contributed by atoms with Gasteiger partial charge in [-0.1, -0.05) is 6.92 Å². The Morgan fingerprint density at radius 3 is 2.25 bits per heavy atom. The lowest BCUT2D eigenvalue weighted by Crippen LogP contribution is -2.16.